The number of aliphatic carboxylic acids is 2. The van der Waals surface area contributed by atoms with Crippen LogP contribution in [-0.2, 0) is 30.6 Å². The summed E-state index contributed by atoms with van der Waals surface area (Å²) in [6.07, 6.45) is 1.66. The van der Waals surface area contributed by atoms with E-state index in [2.05, 4.69) is 10.8 Å². The van der Waals surface area contributed by atoms with Crippen molar-refractivity contribution in [2.75, 3.05) is 13.2 Å². The topological polar surface area (TPSA) is 134 Å². The molecule has 9 heteroatoms. The van der Waals surface area contributed by atoms with Crippen LogP contribution in [0.4, 0.5) is 0 Å². The number of carboxylic acids is 2. The van der Waals surface area contributed by atoms with Gasteiger partial charge in [-0.15, -0.1) is 0 Å². The Morgan fingerprint density at radius 2 is 1.81 bits per heavy atom. The average molecular weight is 368 g/mol. The van der Waals surface area contributed by atoms with Crippen LogP contribution in [0.5, 0.6) is 0 Å². The number of ether oxygens (including phenoxy) is 1. The number of nitrogens with one attached hydrogen (secondary N) is 2. The predicted octanol–water partition coefficient (Wildman–Crippen LogP) is 0.547. The molecule has 0 aromatic heterocycles. The van der Waals surface area contributed by atoms with Gasteiger partial charge in [0, 0.05) is 12.6 Å². The number of hydroxylamine groups is 1. The highest BCUT2D eigenvalue weighted by Crippen LogP contribution is 2.10. The lowest BCUT2D eigenvalue weighted by Gasteiger charge is -2.28. The van der Waals surface area contributed by atoms with Crippen LogP contribution in [0.2, 0.25) is 0 Å². The molecule has 0 bridgehead atoms. The number of hydrogen-bond donors (Lipinski definition) is 4. The normalized spacial score (nSPS) is 19.0. The molecule has 1 aromatic carbocycles. The fourth-order valence-electron chi connectivity index (χ4n) is 2.22. The van der Waals surface area contributed by atoms with Crippen LogP contribution in [0.15, 0.2) is 30.3 Å². The fraction of sp³-hybridized carbons (Fsp3) is 0.471. The van der Waals surface area contributed by atoms with E-state index in [0.29, 0.717) is 19.8 Å². The van der Waals surface area contributed by atoms with Crippen molar-refractivity contribution in [3.63, 3.8) is 0 Å². The van der Waals surface area contributed by atoms with E-state index in [1.54, 1.807) is 0 Å². The number of carbonyl (C=O) groups excluding carboxylic acids is 1. The van der Waals surface area contributed by atoms with E-state index in [0.717, 1.165) is 18.4 Å². The first-order chi connectivity index (χ1) is 12.4. The zero-order valence-corrected chi connectivity index (χ0v) is 14.5. The van der Waals surface area contributed by atoms with Crippen molar-refractivity contribution in [2.24, 2.45) is 0 Å². The molecule has 144 valence electrons. The third-order valence-corrected chi connectivity index (χ3v) is 3.50. The molecule has 0 radical (unpaired) electrons. The van der Waals surface area contributed by atoms with Crippen molar-refractivity contribution in [2.45, 2.75) is 38.5 Å². The summed E-state index contributed by atoms with van der Waals surface area (Å²) in [7, 11) is 0. The van der Waals surface area contributed by atoms with Gasteiger partial charge in [-0.3, -0.25) is 9.63 Å². The Hall–Kier alpha value is -2.49. The van der Waals surface area contributed by atoms with Gasteiger partial charge in [-0.2, -0.15) is 5.48 Å². The third kappa shape index (κ3) is 8.56. The molecular formula is C17H24N2O7. The van der Waals surface area contributed by atoms with Crippen LogP contribution in [-0.4, -0.2) is 53.4 Å². The molecule has 0 spiro atoms. The first-order valence-corrected chi connectivity index (χ1v) is 8.21. The third-order valence-electron chi connectivity index (χ3n) is 3.50. The van der Waals surface area contributed by atoms with Crippen molar-refractivity contribution >= 4 is 17.9 Å². The molecule has 0 aliphatic carbocycles. The lowest BCUT2D eigenvalue weighted by atomic mass is 10.0. The maximum atomic E-state index is 11.6. The first-order valence-electron chi connectivity index (χ1n) is 8.21. The van der Waals surface area contributed by atoms with Gasteiger partial charge in [0.25, 0.3) is 0 Å². The van der Waals surface area contributed by atoms with E-state index >= 15 is 0 Å². The summed E-state index contributed by atoms with van der Waals surface area (Å²) in [5.74, 6) is -3.80. The molecule has 1 aliphatic heterocycles. The molecule has 1 fully saturated rings. The molecule has 4 N–H and O–H groups in total. The molecule has 0 amide bonds. The number of hydrogen-bond acceptors (Lipinski definition) is 7. The maximum Gasteiger partial charge on any atom is 0.414 e. The molecule has 1 heterocycles. The van der Waals surface area contributed by atoms with Gasteiger partial charge in [0.1, 0.15) is 6.04 Å². The second-order valence-electron chi connectivity index (χ2n) is 5.49. The van der Waals surface area contributed by atoms with E-state index in [-0.39, 0.29) is 18.1 Å². The minimum atomic E-state index is -1.82. The van der Waals surface area contributed by atoms with Gasteiger partial charge < -0.3 is 20.3 Å². The molecule has 2 atom stereocenters. The van der Waals surface area contributed by atoms with Crippen molar-refractivity contribution in [3.05, 3.63) is 35.9 Å². The van der Waals surface area contributed by atoms with E-state index in [1.807, 2.05) is 37.3 Å². The van der Waals surface area contributed by atoms with Crippen LogP contribution >= 0.6 is 0 Å². The summed E-state index contributed by atoms with van der Waals surface area (Å²) >= 11 is 0. The molecule has 2 rings (SSSR count). The molecule has 1 aliphatic rings. The monoisotopic (exact) mass is 368 g/mol. The number of rotatable bonds is 6. The smallest absolute Gasteiger partial charge is 0.414 e. The number of carboxylic acid groups (broad SMARTS) is 2. The van der Waals surface area contributed by atoms with Crippen molar-refractivity contribution in [3.8, 4) is 0 Å². The molecule has 0 saturated carbocycles. The van der Waals surface area contributed by atoms with Gasteiger partial charge in [-0.05, 0) is 25.3 Å². The summed E-state index contributed by atoms with van der Waals surface area (Å²) in [5.41, 5.74) is 4.18. The summed E-state index contributed by atoms with van der Waals surface area (Å²) in [5, 5.41) is 18.0. The minimum Gasteiger partial charge on any atom is -0.473 e. The lowest BCUT2D eigenvalue weighted by molar-refractivity contribution is -0.159. The van der Waals surface area contributed by atoms with Crippen LogP contribution in [0.3, 0.4) is 0 Å². The summed E-state index contributed by atoms with van der Waals surface area (Å²) < 4.78 is 5.00. The van der Waals surface area contributed by atoms with E-state index in [1.165, 1.54) is 0 Å². The highest BCUT2D eigenvalue weighted by molar-refractivity contribution is 6.27. The Balaban J connectivity index is 0.000000487. The second kappa shape index (κ2) is 12.0. The first kappa shape index (κ1) is 21.6. The van der Waals surface area contributed by atoms with Gasteiger partial charge in [0.15, 0.2) is 0 Å². The Bertz CT molecular complexity index is 560. The molecule has 9 nitrogen and oxygen atoms in total. The number of carbonyl (C=O) groups is 3. The summed E-state index contributed by atoms with van der Waals surface area (Å²) in [4.78, 5) is 35.3. The Morgan fingerprint density at radius 1 is 1.15 bits per heavy atom. The van der Waals surface area contributed by atoms with E-state index in [4.69, 9.17) is 29.4 Å². The number of benzene rings is 1. The summed E-state index contributed by atoms with van der Waals surface area (Å²) in [6, 6.07) is 10.1. The minimum absolute atomic E-state index is 0.156. The maximum absolute atomic E-state index is 11.6. The summed E-state index contributed by atoms with van der Waals surface area (Å²) in [6.45, 7) is 3.50. The largest absolute Gasteiger partial charge is 0.473 e. The quantitative estimate of drug-likeness (QED) is 0.322. The molecule has 0 unspecified atom stereocenters. The fourth-order valence-corrected chi connectivity index (χ4v) is 2.22. The van der Waals surface area contributed by atoms with Crippen LogP contribution in [0.1, 0.15) is 25.3 Å². The van der Waals surface area contributed by atoms with E-state index < -0.39 is 11.9 Å². The molecule has 26 heavy (non-hydrogen) atoms. The Labute approximate surface area is 151 Å². The predicted molar refractivity (Wildman–Crippen MR) is 91.1 cm³/mol. The highest BCUT2D eigenvalue weighted by Gasteiger charge is 2.26. The van der Waals surface area contributed by atoms with Crippen molar-refractivity contribution < 1.29 is 34.2 Å². The number of esters is 1. The second-order valence-corrected chi connectivity index (χ2v) is 5.49. The Kier molecular flexibility index (Phi) is 9.91. The number of piperidine rings is 1. The highest BCUT2D eigenvalue weighted by atomic mass is 16.6. The van der Waals surface area contributed by atoms with Crippen molar-refractivity contribution in [1.82, 2.24) is 10.8 Å². The standard InChI is InChI=1S/C15H22N2O3.C2H2O4/c1-2-19-15(18)14-9-8-13(10-16-14)17-20-11-12-6-4-3-5-7-12;3-1(4)2(5)6/h3-7,13-14,16-17H,2,8-11H2,1H3;(H,3,4)(H,5,6)/t13-,14-;/m0./s1. The zero-order valence-electron chi connectivity index (χ0n) is 14.5. The van der Waals surface area contributed by atoms with Crippen LogP contribution in [0.25, 0.3) is 0 Å². The average Bonchev–Trinajstić information content (AvgIpc) is 2.64. The molecule has 1 aromatic rings. The van der Waals surface area contributed by atoms with Gasteiger partial charge in [-0.25, -0.2) is 9.59 Å². The van der Waals surface area contributed by atoms with Crippen LogP contribution < -0.4 is 10.8 Å². The van der Waals surface area contributed by atoms with Gasteiger partial charge in [-0.1, -0.05) is 30.3 Å². The van der Waals surface area contributed by atoms with Crippen molar-refractivity contribution in [1.29, 1.82) is 0 Å². The van der Waals surface area contributed by atoms with Gasteiger partial charge in [0.2, 0.25) is 0 Å². The molecular weight excluding hydrogens is 344 g/mol. The zero-order chi connectivity index (χ0) is 19.4. The Morgan fingerprint density at radius 3 is 2.31 bits per heavy atom. The lowest BCUT2D eigenvalue weighted by Crippen LogP contribution is -2.51. The SMILES string of the molecule is CCOC(=O)[C@@H]1CC[C@H](NOCc2ccccc2)CN1.O=C(O)C(=O)O. The van der Waals surface area contributed by atoms with Gasteiger partial charge >= 0.3 is 17.9 Å². The van der Waals surface area contributed by atoms with Gasteiger partial charge in [0.05, 0.1) is 13.2 Å². The molecule has 1 saturated heterocycles. The van der Waals surface area contributed by atoms with Crippen LogP contribution in [0, 0.1) is 0 Å². The van der Waals surface area contributed by atoms with E-state index in [9.17, 15) is 4.79 Å².